The number of nitrogens with one attached hydrogen (secondary N) is 1. The van der Waals surface area contributed by atoms with Crippen LogP contribution in [0.1, 0.15) is 90.9 Å². The predicted octanol–water partition coefficient (Wildman–Crippen LogP) is 6.65. The molecule has 2 saturated heterocycles. The summed E-state index contributed by atoms with van der Waals surface area (Å²) < 4.78 is 7.81. The summed E-state index contributed by atoms with van der Waals surface area (Å²) >= 11 is 7.27. The van der Waals surface area contributed by atoms with Crippen molar-refractivity contribution in [2.45, 2.75) is 89.3 Å². The summed E-state index contributed by atoms with van der Waals surface area (Å²) in [5, 5.41) is 13.7. The van der Waals surface area contributed by atoms with Gasteiger partial charge in [-0.3, -0.25) is 24.2 Å². The van der Waals surface area contributed by atoms with Crippen molar-refractivity contribution in [3.8, 4) is 28.3 Å². The number of hydrogen-bond donors (Lipinski definition) is 2. The van der Waals surface area contributed by atoms with E-state index in [-0.39, 0.29) is 22.8 Å². The summed E-state index contributed by atoms with van der Waals surface area (Å²) in [6, 6.07) is 16.2. The van der Waals surface area contributed by atoms with E-state index in [0.717, 1.165) is 135 Å². The number of aromatic nitrogens is 3. The lowest BCUT2D eigenvalue weighted by Crippen LogP contribution is -2.43. The van der Waals surface area contributed by atoms with Crippen molar-refractivity contribution in [3.63, 3.8) is 0 Å². The molecular formula is C46H52ClN7O5. The summed E-state index contributed by atoms with van der Waals surface area (Å²) in [5.41, 5.74) is 8.00. The number of pyridine rings is 1. The molecule has 2 aromatic heterocycles. The fraction of sp³-hybridized carbons (Fsp3) is 0.500. The topological polar surface area (TPSA) is 133 Å². The molecule has 12 nitrogen and oxygen atoms in total. The van der Waals surface area contributed by atoms with Crippen LogP contribution in [0.4, 0.5) is 5.69 Å². The van der Waals surface area contributed by atoms with Crippen LogP contribution in [0.25, 0.3) is 22.4 Å². The van der Waals surface area contributed by atoms with Gasteiger partial charge in [-0.25, -0.2) is 9.97 Å². The quantitative estimate of drug-likeness (QED) is 0.181. The van der Waals surface area contributed by atoms with Crippen molar-refractivity contribution in [2.75, 3.05) is 44.7 Å². The first-order chi connectivity index (χ1) is 28.5. The molecule has 2 N–H and O–H groups in total. The number of nitrogens with zero attached hydrogens (tertiary/aromatic N) is 6. The van der Waals surface area contributed by atoms with Crippen LogP contribution in [0, 0.1) is 10.8 Å². The Morgan fingerprint density at radius 1 is 0.898 bits per heavy atom. The lowest BCUT2D eigenvalue weighted by molar-refractivity contribution is -0.148. The van der Waals surface area contributed by atoms with Gasteiger partial charge >= 0.3 is 5.97 Å². The molecule has 2 bridgehead atoms. The smallest absolute Gasteiger partial charge is 0.309 e. The molecule has 4 fully saturated rings. The van der Waals surface area contributed by atoms with E-state index in [4.69, 9.17) is 26.3 Å². The molecule has 2 aromatic carbocycles. The maximum Gasteiger partial charge on any atom is 0.309 e. The number of halogens is 1. The fourth-order valence-electron chi connectivity index (χ4n) is 11.6. The first-order valence-electron chi connectivity index (χ1n) is 21.3. The molecule has 2 aliphatic carbocycles. The number of aliphatic carboxylic acids is 1. The van der Waals surface area contributed by atoms with Crippen molar-refractivity contribution in [3.05, 3.63) is 81.9 Å². The summed E-state index contributed by atoms with van der Waals surface area (Å²) in [6.07, 6.45) is 9.47. The van der Waals surface area contributed by atoms with Gasteiger partial charge in [-0.15, -0.1) is 0 Å². The number of carbonyl (C=O) groups is 3. The molecule has 0 radical (unpaired) electrons. The number of carbonyl (C=O) groups excluding carboxylic acids is 2. The van der Waals surface area contributed by atoms with Gasteiger partial charge in [-0.1, -0.05) is 48.0 Å². The summed E-state index contributed by atoms with van der Waals surface area (Å²) in [7, 11) is 3.61. The van der Waals surface area contributed by atoms with E-state index in [1.807, 2.05) is 52.9 Å². The van der Waals surface area contributed by atoms with Gasteiger partial charge in [0.25, 0.3) is 5.91 Å². The number of benzene rings is 2. The fourth-order valence-corrected chi connectivity index (χ4v) is 11.9. The first kappa shape index (κ1) is 38.4. The van der Waals surface area contributed by atoms with Crippen molar-refractivity contribution >= 4 is 35.1 Å². The number of rotatable bonds is 10. The van der Waals surface area contributed by atoms with Gasteiger partial charge in [0, 0.05) is 87.2 Å². The second-order valence-corrected chi connectivity index (χ2v) is 18.6. The van der Waals surface area contributed by atoms with Gasteiger partial charge in [0.15, 0.2) is 5.82 Å². The van der Waals surface area contributed by atoms with E-state index < -0.39 is 11.4 Å². The molecule has 1 spiro atoms. The van der Waals surface area contributed by atoms with Gasteiger partial charge in [0.1, 0.15) is 0 Å². The van der Waals surface area contributed by atoms with E-state index in [0.29, 0.717) is 49.2 Å². The number of anilines is 1. The van der Waals surface area contributed by atoms with Crippen LogP contribution < -0.4 is 15.0 Å². The number of hydrogen-bond acceptors (Lipinski definition) is 8. The minimum absolute atomic E-state index is 0.0986. The highest BCUT2D eigenvalue weighted by Gasteiger charge is 2.58. The van der Waals surface area contributed by atoms with Gasteiger partial charge in [0.05, 0.1) is 34.5 Å². The molecule has 308 valence electrons. The number of carboxylic acid groups (broad SMARTS) is 1. The number of amides is 2. The zero-order valence-corrected chi connectivity index (χ0v) is 34.7. The highest BCUT2D eigenvalue weighted by atomic mass is 35.5. The van der Waals surface area contributed by atoms with Crippen molar-refractivity contribution in [1.82, 2.24) is 29.7 Å². The van der Waals surface area contributed by atoms with E-state index in [2.05, 4.69) is 27.2 Å². The maximum absolute atomic E-state index is 14.3. The molecule has 4 aromatic rings. The SMILES string of the molecule is COc1nc(-c2cccc(-c3cccc4c3CCN4C(=O)c3nc4c(n3C)CCN(CCC35CCC(C(=O)O)(CC3)C5)C4)c2Cl)ccc1CN1CCC2(CCC(=O)N2)C1. The molecule has 1 unspecified atom stereocenters. The number of ether oxygens (including phenoxy) is 1. The molecule has 1 atom stereocenters. The van der Waals surface area contributed by atoms with Gasteiger partial charge in [0.2, 0.25) is 11.8 Å². The third kappa shape index (κ3) is 6.53. The first-order valence-corrected chi connectivity index (χ1v) is 21.7. The average Bonchev–Trinajstić information content (AvgIpc) is 4.11. The molecule has 2 amide bonds. The minimum atomic E-state index is -0.610. The highest BCUT2D eigenvalue weighted by Crippen LogP contribution is 2.63. The maximum atomic E-state index is 14.3. The Kier molecular flexibility index (Phi) is 9.41. The van der Waals surface area contributed by atoms with Gasteiger partial charge in [-0.05, 0) is 93.0 Å². The molecule has 10 rings (SSSR count). The van der Waals surface area contributed by atoms with Crippen LogP contribution >= 0.6 is 11.6 Å². The Labute approximate surface area is 349 Å². The van der Waals surface area contributed by atoms with E-state index in [9.17, 15) is 19.5 Å². The molecule has 13 heteroatoms. The standard InChI is InChI=1S/C46H52ClN7O5/c1-51-37-13-21-52(23-19-44-15-17-45(27-44,18-16-44)43(57)58)26-35(37)48-40(51)42(56)54-22-12-31-30(5-4-8-36(31)54)32-6-3-7-33(39(32)47)34-10-9-29(41(49-34)59-2)25-53-24-20-46(28-53)14-11-38(55)50-46/h3-10H,11-28H2,1-2H3,(H,50,55)(H,57,58). The monoisotopic (exact) mass is 817 g/mol. The second kappa shape index (κ2) is 14.4. The Morgan fingerprint density at radius 3 is 2.46 bits per heavy atom. The lowest BCUT2D eigenvalue weighted by atomic mass is 9.80. The molecule has 59 heavy (non-hydrogen) atoms. The van der Waals surface area contributed by atoms with Gasteiger partial charge < -0.3 is 24.6 Å². The van der Waals surface area contributed by atoms with Crippen LogP contribution in [-0.2, 0) is 42.6 Å². The molecule has 4 aliphatic heterocycles. The van der Waals surface area contributed by atoms with Crippen molar-refractivity contribution < 1.29 is 24.2 Å². The Morgan fingerprint density at radius 2 is 1.69 bits per heavy atom. The molecule has 6 aliphatic rings. The molecule has 6 heterocycles. The zero-order chi connectivity index (χ0) is 40.7. The Bertz CT molecular complexity index is 2390. The molecular weight excluding hydrogens is 766 g/mol. The van der Waals surface area contributed by atoms with Crippen molar-refractivity contribution in [1.29, 1.82) is 0 Å². The highest BCUT2D eigenvalue weighted by molar-refractivity contribution is 6.36. The lowest BCUT2D eigenvalue weighted by Gasteiger charge is -2.32. The van der Waals surface area contributed by atoms with Crippen LogP contribution in [0.2, 0.25) is 5.02 Å². The third-order valence-electron chi connectivity index (χ3n) is 15.0. The number of carboxylic acids is 1. The van der Waals surface area contributed by atoms with Crippen LogP contribution in [0.3, 0.4) is 0 Å². The summed E-state index contributed by atoms with van der Waals surface area (Å²) in [5.74, 6) is 0.461. The number of imidazole rings is 1. The Hall–Kier alpha value is -4.78. The number of methoxy groups -OCH3 is 1. The third-order valence-corrected chi connectivity index (χ3v) is 15.4. The largest absolute Gasteiger partial charge is 0.481 e. The van der Waals surface area contributed by atoms with E-state index >= 15 is 0 Å². The van der Waals surface area contributed by atoms with Crippen LogP contribution in [0.5, 0.6) is 5.88 Å². The Balaban J connectivity index is 0.845. The summed E-state index contributed by atoms with van der Waals surface area (Å²) in [6.45, 7) is 5.51. The van der Waals surface area contributed by atoms with E-state index in [1.54, 1.807) is 7.11 Å². The van der Waals surface area contributed by atoms with Crippen molar-refractivity contribution in [2.24, 2.45) is 17.9 Å². The predicted molar refractivity (Wildman–Crippen MR) is 224 cm³/mol. The van der Waals surface area contributed by atoms with Crippen LogP contribution in [-0.4, -0.2) is 92.6 Å². The van der Waals surface area contributed by atoms with Gasteiger partial charge in [-0.2, -0.15) is 0 Å². The number of likely N-dealkylation sites (tertiary alicyclic amines) is 1. The van der Waals surface area contributed by atoms with Crippen LogP contribution in [0.15, 0.2) is 48.5 Å². The van der Waals surface area contributed by atoms with E-state index in [1.165, 1.54) is 0 Å². The normalized spacial score (nSPS) is 26.2. The zero-order valence-electron chi connectivity index (χ0n) is 34.0. The second-order valence-electron chi connectivity index (χ2n) is 18.3. The minimum Gasteiger partial charge on any atom is -0.481 e. The molecule has 2 saturated carbocycles. The average molecular weight is 818 g/mol. The number of fused-ring (bicyclic) bond motifs is 4. The summed E-state index contributed by atoms with van der Waals surface area (Å²) in [4.78, 5) is 54.9.